The van der Waals surface area contributed by atoms with Crippen molar-refractivity contribution in [1.29, 1.82) is 0 Å². The molecule has 2 aromatic carbocycles. The van der Waals surface area contributed by atoms with Crippen LogP contribution >= 0.6 is 11.3 Å². The number of nitrogens with one attached hydrogen (secondary N) is 1. The fourth-order valence-corrected chi connectivity index (χ4v) is 3.90. The maximum absolute atomic E-state index is 12.6. The summed E-state index contributed by atoms with van der Waals surface area (Å²) in [6, 6.07) is 14.0. The topological polar surface area (TPSA) is 73.3 Å². The quantitative estimate of drug-likeness (QED) is 0.422. The molecular formula is C22H17F2N3O3S. The highest BCUT2D eigenvalue weighted by Gasteiger charge is 2.16. The Bertz CT molecular complexity index is 1210. The number of alkyl halides is 2. The van der Waals surface area contributed by atoms with Gasteiger partial charge in [0.05, 0.1) is 11.1 Å². The molecule has 31 heavy (non-hydrogen) atoms. The zero-order chi connectivity index (χ0) is 21.8. The van der Waals surface area contributed by atoms with Crippen LogP contribution in [-0.4, -0.2) is 29.1 Å². The average molecular weight is 441 g/mol. The average Bonchev–Trinajstić information content (AvgIpc) is 3.19. The van der Waals surface area contributed by atoms with Gasteiger partial charge in [0, 0.05) is 10.9 Å². The number of anilines is 1. The fraction of sp³-hybridized carbons (Fsp3) is 0.136. The van der Waals surface area contributed by atoms with Gasteiger partial charge in [0.1, 0.15) is 16.9 Å². The molecule has 0 fully saturated rings. The molecular weight excluding hydrogens is 424 g/mol. The van der Waals surface area contributed by atoms with Gasteiger partial charge < -0.3 is 14.8 Å². The number of benzene rings is 2. The maximum Gasteiger partial charge on any atom is 0.387 e. The van der Waals surface area contributed by atoms with Crippen LogP contribution in [0.4, 0.5) is 14.5 Å². The number of halogens is 2. The highest BCUT2D eigenvalue weighted by molar-refractivity contribution is 7.17. The van der Waals surface area contributed by atoms with Crippen LogP contribution in [0.5, 0.6) is 11.6 Å². The minimum atomic E-state index is -3.00. The second-order valence-electron chi connectivity index (χ2n) is 6.59. The first kappa shape index (κ1) is 20.7. The number of nitrogens with zero attached hydrogens (tertiary/aromatic N) is 2. The molecule has 0 aliphatic heterocycles. The summed E-state index contributed by atoms with van der Waals surface area (Å²) in [6.45, 7) is -1.35. The molecule has 2 heterocycles. The van der Waals surface area contributed by atoms with Crippen LogP contribution in [0.25, 0.3) is 21.3 Å². The summed E-state index contributed by atoms with van der Waals surface area (Å²) in [6.07, 6.45) is 1.37. The summed E-state index contributed by atoms with van der Waals surface area (Å²) in [4.78, 5) is 21.6. The van der Waals surface area contributed by atoms with Crippen LogP contribution in [0, 0.1) is 6.92 Å². The molecule has 9 heteroatoms. The van der Waals surface area contributed by atoms with E-state index in [2.05, 4.69) is 20.0 Å². The normalized spacial score (nSPS) is 11.0. The number of para-hydroxylation sites is 2. The van der Waals surface area contributed by atoms with Crippen LogP contribution < -0.4 is 14.8 Å². The Hall–Kier alpha value is -3.59. The second-order valence-corrected chi connectivity index (χ2v) is 7.44. The van der Waals surface area contributed by atoms with E-state index in [1.54, 1.807) is 6.07 Å². The van der Waals surface area contributed by atoms with Crippen LogP contribution in [0.3, 0.4) is 0 Å². The third kappa shape index (κ3) is 4.77. The number of amides is 1. The van der Waals surface area contributed by atoms with Crippen LogP contribution in [0.15, 0.2) is 60.2 Å². The van der Waals surface area contributed by atoms with Crippen LogP contribution in [-0.2, 0) is 4.79 Å². The van der Waals surface area contributed by atoms with Crippen LogP contribution in [0.1, 0.15) is 5.56 Å². The summed E-state index contributed by atoms with van der Waals surface area (Å²) >= 11 is 1.45. The molecule has 4 rings (SSSR count). The van der Waals surface area contributed by atoms with E-state index in [4.69, 9.17) is 4.74 Å². The summed E-state index contributed by atoms with van der Waals surface area (Å²) in [5.74, 6) is -0.395. The number of hydrogen-bond acceptors (Lipinski definition) is 6. The van der Waals surface area contributed by atoms with Crippen molar-refractivity contribution in [3.63, 3.8) is 0 Å². The summed E-state index contributed by atoms with van der Waals surface area (Å²) in [5.41, 5.74) is 3.16. The molecule has 0 spiro atoms. The molecule has 0 aliphatic rings. The van der Waals surface area contributed by atoms with E-state index < -0.39 is 12.5 Å². The Labute approximate surface area is 180 Å². The number of fused-ring (bicyclic) bond motifs is 1. The first-order valence-corrected chi connectivity index (χ1v) is 10.1. The molecule has 4 aromatic rings. The predicted octanol–water partition coefficient (Wildman–Crippen LogP) is 5.29. The number of hydrogen-bond donors (Lipinski definition) is 1. The molecule has 0 aliphatic carbocycles. The van der Waals surface area contributed by atoms with E-state index in [0.29, 0.717) is 5.39 Å². The van der Waals surface area contributed by atoms with Gasteiger partial charge in [0.15, 0.2) is 6.61 Å². The monoisotopic (exact) mass is 441 g/mol. The molecule has 0 atom stereocenters. The molecule has 1 N–H and O–H groups in total. The van der Waals surface area contributed by atoms with Gasteiger partial charge in [-0.1, -0.05) is 42.0 Å². The largest absolute Gasteiger partial charge is 0.467 e. The Morgan fingerprint density at radius 1 is 1.13 bits per heavy atom. The molecule has 2 aromatic heterocycles. The zero-order valence-corrected chi connectivity index (χ0v) is 17.2. The number of rotatable bonds is 7. The molecule has 0 saturated carbocycles. The first-order valence-electron chi connectivity index (χ1n) is 9.27. The summed E-state index contributed by atoms with van der Waals surface area (Å²) in [5, 5.41) is 5.20. The van der Waals surface area contributed by atoms with Gasteiger partial charge in [-0.25, -0.2) is 9.97 Å². The Morgan fingerprint density at radius 3 is 2.68 bits per heavy atom. The van der Waals surface area contributed by atoms with Crippen LogP contribution in [0.2, 0.25) is 0 Å². The van der Waals surface area contributed by atoms with E-state index in [1.165, 1.54) is 35.9 Å². The van der Waals surface area contributed by atoms with Crippen molar-refractivity contribution in [2.24, 2.45) is 0 Å². The van der Waals surface area contributed by atoms with Gasteiger partial charge in [-0.2, -0.15) is 8.78 Å². The summed E-state index contributed by atoms with van der Waals surface area (Å²) < 4.78 is 35.2. The van der Waals surface area contributed by atoms with Gasteiger partial charge in [-0.15, -0.1) is 11.3 Å². The highest BCUT2D eigenvalue weighted by Crippen LogP contribution is 2.37. The number of carbonyl (C=O) groups excluding carboxylic acids is 1. The molecule has 6 nitrogen and oxygen atoms in total. The van der Waals surface area contributed by atoms with Crippen molar-refractivity contribution in [2.45, 2.75) is 13.5 Å². The zero-order valence-electron chi connectivity index (χ0n) is 16.3. The molecule has 0 saturated heterocycles. The van der Waals surface area contributed by atoms with Gasteiger partial charge in [0.2, 0.25) is 5.88 Å². The standard InChI is InChI=1S/C22H17F2N3O3S/c1-13-6-8-14(9-7-13)15-11-31-21-19(15)20(25-12-26-21)29-10-18(28)27-16-4-2-3-5-17(16)30-22(23)24/h2-9,11-12,22H,10H2,1H3,(H,27,28). The Morgan fingerprint density at radius 2 is 1.90 bits per heavy atom. The third-order valence-corrected chi connectivity index (χ3v) is 5.30. The molecule has 0 unspecified atom stereocenters. The minimum Gasteiger partial charge on any atom is -0.467 e. The first-order chi connectivity index (χ1) is 15.0. The molecule has 0 radical (unpaired) electrons. The smallest absolute Gasteiger partial charge is 0.387 e. The lowest BCUT2D eigenvalue weighted by Gasteiger charge is -2.12. The van der Waals surface area contributed by atoms with Crippen molar-refractivity contribution >= 4 is 33.1 Å². The molecule has 1 amide bonds. The van der Waals surface area contributed by atoms with E-state index in [-0.39, 0.29) is 23.9 Å². The fourth-order valence-electron chi connectivity index (χ4n) is 2.99. The lowest BCUT2D eigenvalue weighted by molar-refractivity contribution is -0.118. The van der Waals surface area contributed by atoms with E-state index >= 15 is 0 Å². The maximum atomic E-state index is 12.6. The second kappa shape index (κ2) is 9.05. The number of thiophene rings is 1. The van der Waals surface area contributed by atoms with E-state index in [1.807, 2.05) is 36.6 Å². The highest BCUT2D eigenvalue weighted by atomic mass is 32.1. The molecule has 158 valence electrons. The number of aromatic nitrogens is 2. The predicted molar refractivity (Wildman–Crippen MR) is 115 cm³/mol. The summed E-state index contributed by atoms with van der Waals surface area (Å²) in [7, 11) is 0. The van der Waals surface area contributed by atoms with Gasteiger partial charge >= 0.3 is 6.61 Å². The Kier molecular flexibility index (Phi) is 6.03. The van der Waals surface area contributed by atoms with Gasteiger partial charge in [-0.05, 0) is 24.6 Å². The number of carbonyl (C=O) groups is 1. The number of ether oxygens (including phenoxy) is 2. The minimum absolute atomic E-state index is 0.125. The van der Waals surface area contributed by atoms with E-state index in [9.17, 15) is 13.6 Å². The van der Waals surface area contributed by atoms with Gasteiger partial charge in [-0.3, -0.25) is 4.79 Å². The third-order valence-electron chi connectivity index (χ3n) is 4.42. The molecule has 0 bridgehead atoms. The van der Waals surface area contributed by atoms with E-state index in [0.717, 1.165) is 21.5 Å². The van der Waals surface area contributed by atoms with Crippen molar-refractivity contribution in [3.05, 3.63) is 65.8 Å². The van der Waals surface area contributed by atoms with Crippen molar-refractivity contribution in [3.8, 4) is 22.8 Å². The Balaban J connectivity index is 1.53. The number of aryl methyl sites for hydroxylation is 1. The lowest BCUT2D eigenvalue weighted by Crippen LogP contribution is -2.21. The van der Waals surface area contributed by atoms with Gasteiger partial charge in [0.25, 0.3) is 5.91 Å². The van der Waals surface area contributed by atoms with Crippen molar-refractivity contribution in [2.75, 3.05) is 11.9 Å². The SMILES string of the molecule is Cc1ccc(-c2csc3ncnc(OCC(=O)Nc4ccccc4OC(F)F)c23)cc1. The van der Waals surface area contributed by atoms with Crippen molar-refractivity contribution in [1.82, 2.24) is 9.97 Å². The lowest BCUT2D eigenvalue weighted by atomic mass is 10.0. The van der Waals surface area contributed by atoms with Crippen molar-refractivity contribution < 1.29 is 23.0 Å².